The van der Waals surface area contributed by atoms with E-state index in [1.54, 1.807) is 7.11 Å². The van der Waals surface area contributed by atoms with Crippen LogP contribution in [0.25, 0.3) is 0 Å². The van der Waals surface area contributed by atoms with E-state index in [0.717, 1.165) is 62.5 Å². The topological polar surface area (TPSA) is 75.9 Å². The third-order valence-corrected chi connectivity index (χ3v) is 6.13. The van der Waals surface area contributed by atoms with Gasteiger partial charge >= 0.3 is 0 Å². The normalized spacial score (nSPS) is 19.3. The molecule has 7 nitrogen and oxygen atoms in total. The van der Waals surface area contributed by atoms with Crippen molar-refractivity contribution in [2.75, 3.05) is 39.9 Å². The van der Waals surface area contributed by atoms with Gasteiger partial charge in [-0.1, -0.05) is 5.16 Å². The zero-order chi connectivity index (χ0) is 19.4. The van der Waals surface area contributed by atoms with E-state index in [2.05, 4.69) is 5.16 Å². The molecule has 27 heavy (non-hydrogen) atoms. The van der Waals surface area contributed by atoms with Crippen molar-refractivity contribution in [1.82, 2.24) is 15.0 Å². The Labute approximate surface area is 161 Å². The van der Waals surface area contributed by atoms with Gasteiger partial charge in [-0.25, -0.2) is 0 Å². The van der Waals surface area contributed by atoms with Gasteiger partial charge in [0, 0.05) is 63.7 Å². The van der Waals surface area contributed by atoms with Crippen molar-refractivity contribution in [1.29, 1.82) is 0 Å². The van der Waals surface area contributed by atoms with Gasteiger partial charge in [-0.3, -0.25) is 9.59 Å². The summed E-state index contributed by atoms with van der Waals surface area (Å²) in [6.45, 7) is 7.59. The Morgan fingerprint density at radius 3 is 2.67 bits per heavy atom. The standard InChI is InChI=1S/C20H31N3O4/c1-15-17(16(2)27-21-15)5-6-18(24)22-10-7-20(8-11-22)13-19(25)23(14-20)9-4-12-26-3/h4-14H2,1-3H3. The van der Waals surface area contributed by atoms with E-state index in [4.69, 9.17) is 9.26 Å². The van der Waals surface area contributed by atoms with E-state index in [1.807, 2.05) is 23.6 Å². The lowest BCUT2D eigenvalue weighted by Crippen LogP contribution is -2.44. The van der Waals surface area contributed by atoms with Gasteiger partial charge in [0.2, 0.25) is 11.8 Å². The smallest absolute Gasteiger partial charge is 0.223 e. The van der Waals surface area contributed by atoms with Gasteiger partial charge in [-0.15, -0.1) is 0 Å². The molecule has 0 radical (unpaired) electrons. The number of hydrogen-bond donors (Lipinski definition) is 0. The minimum Gasteiger partial charge on any atom is -0.385 e. The Bertz CT molecular complexity index is 657. The van der Waals surface area contributed by atoms with Gasteiger partial charge in [0.15, 0.2) is 0 Å². The van der Waals surface area contributed by atoms with Crippen LogP contribution in [-0.4, -0.2) is 66.7 Å². The number of hydrogen-bond acceptors (Lipinski definition) is 5. The number of piperidine rings is 1. The average molecular weight is 377 g/mol. The Morgan fingerprint density at radius 2 is 2.04 bits per heavy atom. The number of carbonyl (C=O) groups is 2. The lowest BCUT2D eigenvalue weighted by Gasteiger charge is -2.39. The van der Waals surface area contributed by atoms with Crippen molar-refractivity contribution in [2.45, 2.75) is 52.4 Å². The number of methoxy groups -OCH3 is 1. The number of ether oxygens (including phenoxy) is 1. The second-order valence-electron chi connectivity index (χ2n) is 8.02. The highest BCUT2D eigenvalue weighted by Gasteiger charge is 2.45. The van der Waals surface area contributed by atoms with E-state index in [0.29, 0.717) is 25.9 Å². The van der Waals surface area contributed by atoms with Crippen LogP contribution in [0.15, 0.2) is 4.52 Å². The summed E-state index contributed by atoms with van der Waals surface area (Å²) in [5.74, 6) is 1.24. The van der Waals surface area contributed by atoms with Crippen LogP contribution >= 0.6 is 0 Å². The molecule has 2 saturated heterocycles. The molecule has 1 spiro atoms. The first kappa shape index (κ1) is 19.9. The number of carbonyl (C=O) groups excluding carboxylic acids is 2. The third-order valence-electron chi connectivity index (χ3n) is 6.13. The molecule has 1 aromatic rings. The fourth-order valence-electron chi connectivity index (χ4n) is 4.40. The van der Waals surface area contributed by atoms with Crippen LogP contribution in [0.4, 0.5) is 0 Å². The first-order chi connectivity index (χ1) is 12.9. The molecule has 1 aromatic heterocycles. The maximum Gasteiger partial charge on any atom is 0.223 e. The molecule has 2 aliphatic heterocycles. The maximum atomic E-state index is 12.6. The molecule has 150 valence electrons. The highest BCUT2D eigenvalue weighted by molar-refractivity contribution is 5.80. The molecular weight excluding hydrogens is 346 g/mol. The predicted molar refractivity (Wildman–Crippen MR) is 100 cm³/mol. The largest absolute Gasteiger partial charge is 0.385 e. The van der Waals surface area contributed by atoms with Crippen LogP contribution in [0.5, 0.6) is 0 Å². The fourth-order valence-corrected chi connectivity index (χ4v) is 4.40. The molecule has 3 heterocycles. The number of amides is 2. The monoisotopic (exact) mass is 377 g/mol. The van der Waals surface area contributed by atoms with Gasteiger partial charge in [0.05, 0.1) is 5.69 Å². The van der Waals surface area contributed by atoms with Gasteiger partial charge in [0.1, 0.15) is 5.76 Å². The quantitative estimate of drug-likeness (QED) is 0.680. The number of aromatic nitrogens is 1. The summed E-state index contributed by atoms with van der Waals surface area (Å²) >= 11 is 0. The second kappa shape index (κ2) is 8.42. The molecule has 7 heteroatoms. The van der Waals surface area contributed by atoms with Crippen LogP contribution in [0, 0.1) is 19.3 Å². The molecule has 0 bridgehead atoms. The zero-order valence-corrected chi connectivity index (χ0v) is 16.8. The van der Waals surface area contributed by atoms with Crippen LogP contribution in [0.2, 0.25) is 0 Å². The van der Waals surface area contributed by atoms with E-state index in [-0.39, 0.29) is 17.2 Å². The van der Waals surface area contributed by atoms with Crippen molar-refractivity contribution in [3.8, 4) is 0 Å². The SMILES string of the molecule is COCCCN1CC2(CCN(C(=O)CCc3c(C)noc3C)CC2)CC1=O. The number of nitrogens with zero attached hydrogens (tertiary/aromatic N) is 3. The Balaban J connectivity index is 1.47. The molecule has 0 unspecified atom stereocenters. The van der Waals surface area contributed by atoms with E-state index in [9.17, 15) is 9.59 Å². The van der Waals surface area contributed by atoms with E-state index < -0.39 is 0 Å². The van der Waals surface area contributed by atoms with E-state index >= 15 is 0 Å². The maximum absolute atomic E-state index is 12.6. The van der Waals surface area contributed by atoms with Crippen LogP contribution in [0.3, 0.4) is 0 Å². The molecule has 2 aliphatic rings. The molecule has 0 atom stereocenters. The summed E-state index contributed by atoms with van der Waals surface area (Å²) in [4.78, 5) is 28.9. The molecule has 3 rings (SSSR count). The Kier molecular flexibility index (Phi) is 6.19. The zero-order valence-electron chi connectivity index (χ0n) is 16.8. The van der Waals surface area contributed by atoms with Gasteiger partial charge in [-0.2, -0.15) is 0 Å². The van der Waals surface area contributed by atoms with Crippen LogP contribution < -0.4 is 0 Å². The highest BCUT2D eigenvalue weighted by atomic mass is 16.5. The lowest BCUT2D eigenvalue weighted by atomic mass is 9.77. The predicted octanol–water partition coefficient (Wildman–Crippen LogP) is 2.10. The molecule has 2 amide bonds. The van der Waals surface area contributed by atoms with Crippen molar-refractivity contribution < 1.29 is 18.8 Å². The minimum absolute atomic E-state index is 0.0581. The fraction of sp³-hybridized carbons (Fsp3) is 0.750. The van der Waals surface area contributed by atoms with Crippen LogP contribution in [0.1, 0.15) is 49.1 Å². The summed E-state index contributed by atoms with van der Waals surface area (Å²) in [5, 5.41) is 3.95. The Hall–Kier alpha value is -1.89. The first-order valence-electron chi connectivity index (χ1n) is 9.90. The van der Waals surface area contributed by atoms with Gasteiger partial charge in [0.25, 0.3) is 0 Å². The van der Waals surface area contributed by atoms with Crippen molar-refractivity contribution in [2.24, 2.45) is 5.41 Å². The van der Waals surface area contributed by atoms with Gasteiger partial charge in [-0.05, 0) is 39.5 Å². The molecule has 0 aliphatic carbocycles. The van der Waals surface area contributed by atoms with Gasteiger partial charge < -0.3 is 19.1 Å². The molecule has 0 aromatic carbocycles. The molecular formula is C20H31N3O4. The summed E-state index contributed by atoms with van der Waals surface area (Å²) in [7, 11) is 1.69. The summed E-state index contributed by atoms with van der Waals surface area (Å²) in [5.41, 5.74) is 1.98. The lowest BCUT2D eigenvalue weighted by molar-refractivity contribution is -0.133. The first-order valence-corrected chi connectivity index (χ1v) is 9.90. The third kappa shape index (κ3) is 4.51. The van der Waals surface area contributed by atoms with Crippen LogP contribution in [-0.2, 0) is 20.7 Å². The number of aryl methyl sites for hydroxylation is 2. The molecule has 2 fully saturated rings. The highest BCUT2D eigenvalue weighted by Crippen LogP contribution is 2.41. The van der Waals surface area contributed by atoms with Crippen molar-refractivity contribution in [3.63, 3.8) is 0 Å². The van der Waals surface area contributed by atoms with Crippen molar-refractivity contribution >= 4 is 11.8 Å². The second-order valence-corrected chi connectivity index (χ2v) is 8.02. The molecule has 0 saturated carbocycles. The van der Waals surface area contributed by atoms with E-state index in [1.165, 1.54) is 0 Å². The number of rotatable bonds is 7. The Morgan fingerprint density at radius 1 is 1.30 bits per heavy atom. The average Bonchev–Trinajstić information content (AvgIpc) is 3.13. The number of likely N-dealkylation sites (tertiary alicyclic amines) is 2. The molecule has 0 N–H and O–H groups in total. The summed E-state index contributed by atoms with van der Waals surface area (Å²) in [6, 6.07) is 0. The minimum atomic E-state index is 0.0581. The van der Waals surface area contributed by atoms with Crippen molar-refractivity contribution in [3.05, 3.63) is 17.0 Å². The summed E-state index contributed by atoms with van der Waals surface area (Å²) in [6.07, 6.45) is 4.49. The summed E-state index contributed by atoms with van der Waals surface area (Å²) < 4.78 is 10.3.